The minimum atomic E-state index is -0.541. The van der Waals surface area contributed by atoms with E-state index < -0.39 is 5.60 Å². The molecular weight excluding hydrogens is 188 g/mol. The van der Waals surface area contributed by atoms with Gasteiger partial charge in [0.2, 0.25) is 0 Å². The molecule has 0 amide bonds. The second kappa shape index (κ2) is 3.74. The van der Waals surface area contributed by atoms with Gasteiger partial charge in [0.15, 0.2) is 0 Å². The van der Waals surface area contributed by atoms with Crippen molar-refractivity contribution in [1.82, 2.24) is 0 Å². The molecule has 0 aromatic rings. The Hall–Kier alpha value is -0.0800. The average molecular weight is 212 g/mol. The molecule has 2 atom stereocenters. The SMILES string of the molecule is CC1CCC2(CC1)C(CO)CCC2(C)O. The topological polar surface area (TPSA) is 40.5 Å². The van der Waals surface area contributed by atoms with Crippen molar-refractivity contribution in [2.75, 3.05) is 6.61 Å². The van der Waals surface area contributed by atoms with Crippen LogP contribution < -0.4 is 0 Å². The summed E-state index contributed by atoms with van der Waals surface area (Å²) in [4.78, 5) is 0. The minimum absolute atomic E-state index is 0.0221. The molecule has 2 rings (SSSR count). The fourth-order valence-electron chi connectivity index (χ4n) is 3.91. The third kappa shape index (κ3) is 1.62. The van der Waals surface area contributed by atoms with Crippen LogP contribution in [0.4, 0.5) is 0 Å². The molecule has 2 fully saturated rings. The van der Waals surface area contributed by atoms with Gasteiger partial charge in [-0.15, -0.1) is 0 Å². The van der Waals surface area contributed by atoms with Gasteiger partial charge in [0.1, 0.15) is 0 Å². The van der Waals surface area contributed by atoms with Gasteiger partial charge in [0, 0.05) is 12.0 Å². The minimum Gasteiger partial charge on any atom is -0.396 e. The second-order valence-electron chi connectivity index (χ2n) is 6.03. The molecule has 0 heterocycles. The van der Waals surface area contributed by atoms with E-state index in [1.165, 1.54) is 12.8 Å². The van der Waals surface area contributed by atoms with Crippen LogP contribution >= 0.6 is 0 Å². The number of aliphatic hydroxyl groups is 2. The lowest BCUT2D eigenvalue weighted by atomic mass is 9.60. The first-order valence-corrected chi connectivity index (χ1v) is 6.35. The molecule has 2 unspecified atom stereocenters. The third-order valence-corrected chi connectivity index (χ3v) is 5.22. The monoisotopic (exact) mass is 212 g/mol. The molecule has 0 aromatic carbocycles. The van der Waals surface area contributed by atoms with E-state index in [4.69, 9.17) is 0 Å². The molecular formula is C13H24O2. The molecule has 2 saturated carbocycles. The molecule has 2 aliphatic rings. The predicted molar refractivity (Wildman–Crippen MR) is 60.5 cm³/mol. The lowest BCUT2D eigenvalue weighted by molar-refractivity contribution is -0.0990. The molecule has 2 heteroatoms. The van der Waals surface area contributed by atoms with Gasteiger partial charge in [-0.3, -0.25) is 0 Å². The smallest absolute Gasteiger partial charge is 0.0679 e. The van der Waals surface area contributed by atoms with Crippen LogP contribution in [0.15, 0.2) is 0 Å². The Morgan fingerprint density at radius 2 is 1.73 bits per heavy atom. The zero-order chi connectivity index (χ0) is 11.1. The Balaban J connectivity index is 2.21. The summed E-state index contributed by atoms with van der Waals surface area (Å²) in [6.45, 7) is 4.54. The highest BCUT2D eigenvalue weighted by atomic mass is 16.3. The van der Waals surface area contributed by atoms with Crippen molar-refractivity contribution in [3.63, 3.8) is 0 Å². The van der Waals surface area contributed by atoms with E-state index in [0.717, 1.165) is 31.6 Å². The van der Waals surface area contributed by atoms with Gasteiger partial charge in [0.25, 0.3) is 0 Å². The van der Waals surface area contributed by atoms with Crippen molar-refractivity contribution < 1.29 is 10.2 Å². The Labute approximate surface area is 92.7 Å². The van der Waals surface area contributed by atoms with Gasteiger partial charge >= 0.3 is 0 Å². The molecule has 0 radical (unpaired) electrons. The van der Waals surface area contributed by atoms with Crippen molar-refractivity contribution >= 4 is 0 Å². The number of hydrogen-bond acceptors (Lipinski definition) is 2. The standard InChI is InChI=1S/C13H24O2/c1-10-3-7-13(8-4-10)11(9-14)5-6-12(13,2)15/h10-11,14-15H,3-9H2,1-2H3. The van der Waals surface area contributed by atoms with E-state index in [1.54, 1.807) is 0 Å². The lowest BCUT2D eigenvalue weighted by Crippen LogP contribution is -2.47. The van der Waals surface area contributed by atoms with Gasteiger partial charge < -0.3 is 10.2 Å². The van der Waals surface area contributed by atoms with E-state index in [-0.39, 0.29) is 12.0 Å². The van der Waals surface area contributed by atoms with Gasteiger partial charge in [0.05, 0.1) is 5.60 Å². The van der Waals surface area contributed by atoms with Crippen molar-refractivity contribution in [1.29, 1.82) is 0 Å². The van der Waals surface area contributed by atoms with E-state index in [9.17, 15) is 10.2 Å². The second-order valence-corrected chi connectivity index (χ2v) is 6.03. The number of aliphatic hydroxyl groups excluding tert-OH is 1. The summed E-state index contributed by atoms with van der Waals surface area (Å²) in [7, 11) is 0. The summed E-state index contributed by atoms with van der Waals surface area (Å²) in [6.07, 6.45) is 6.50. The zero-order valence-electron chi connectivity index (χ0n) is 10.00. The average Bonchev–Trinajstić information content (AvgIpc) is 2.44. The van der Waals surface area contributed by atoms with Gasteiger partial charge in [-0.25, -0.2) is 0 Å². The zero-order valence-corrected chi connectivity index (χ0v) is 10.00. The summed E-state index contributed by atoms with van der Waals surface area (Å²) in [5.74, 6) is 1.13. The Bertz CT molecular complexity index is 227. The highest BCUT2D eigenvalue weighted by molar-refractivity contribution is 5.07. The van der Waals surface area contributed by atoms with Crippen LogP contribution in [0, 0.1) is 17.3 Å². The Kier molecular flexibility index (Phi) is 2.85. The quantitative estimate of drug-likeness (QED) is 0.700. The normalized spacial score (nSPS) is 51.2. The summed E-state index contributed by atoms with van der Waals surface area (Å²) >= 11 is 0. The molecule has 2 aliphatic carbocycles. The maximum absolute atomic E-state index is 10.5. The maximum atomic E-state index is 10.5. The van der Waals surface area contributed by atoms with Gasteiger partial charge in [-0.1, -0.05) is 19.8 Å². The highest BCUT2D eigenvalue weighted by Crippen LogP contribution is 2.58. The van der Waals surface area contributed by atoms with E-state index in [1.807, 2.05) is 6.92 Å². The molecule has 0 bridgehead atoms. The van der Waals surface area contributed by atoms with Crippen LogP contribution in [-0.2, 0) is 0 Å². The van der Waals surface area contributed by atoms with Crippen LogP contribution in [-0.4, -0.2) is 22.4 Å². The summed E-state index contributed by atoms with van der Waals surface area (Å²) < 4.78 is 0. The Morgan fingerprint density at radius 1 is 1.13 bits per heavy atom. The molecule has 1 spiro atoms. The number of rotatable bonds is 1. The van der Waals surface area contributed by atoms with Crippen molar-refractivity contribution in [3.05, 3.63) is 0 Å². The molecule has 88 valence electrons. The van der Waals surface area contributed by atoms with Crippen molar-refractivity contribution in [2.45, 2.75) is 58.0 Å². The third-order valence-electron chi connectivity index (χ3n) is 5.22. The summed E-state index contributed by atoms with van der Waals surface area (Å²) in [6, 6.07) is 0. The van der Waals surface area contributed by atoms with E-state index in [0.29, 0.717) is 5.92 Å². The molecule has 2 N–H and O–H groups in total. The highest BCUT2D eigenvalue weighted by Gasteiger charge is 2.56. The molecule has 15 heavy (non-hydrogen) atoms. The van der Waals surface area contributed by atoms with Crippen molar-refractivity contribution in [2.24, 2.45) is 17.3 Å². The lowest BCUT2D eigenvalue weighted by Gasteiger charge is -2.48. The first-order chi connectivity index (χ1) is 7.02. The Morgan fingerprint density at radius 3 is 2.27 bits per heavy atom. The fourth-order valence-corrected chi connectivity index (χ4v) is 3.91. The van der Waals surface area contributed by atoms with E-state index in [2.05, 4.69) is 6.92 Å². The van der Waals surface area contributed by atoms with Crippen molar-refractivity contribution in [3.8, 4) is 0 Å². The van der Waals surface area contributed by atoms with Crippen LogP contribution in [0.25, 0.3) is 0 Å². The predicted octanol–water partition coefficient (Wildman–Crippen LogP) is 2.34. The number of hydrogen-bond donors (Lipinski definition) is 2. The first-order valence-electron chi connectivity index (χ1n) is 6.35. The first kappa shape index (κ1) is 11.4. The summed E-state index contributed by atoms with van der Waals surface area (Å²) in [5.41, 5.74) is -0.519. The largest absolute Gasteiger partial charge is 0.396 e. The maximum Gasteiger partial charge on any atom is 0.0679 e. The van der Waals surface area contributed by atoms with Crippen LogP contribution in [0.1, 0.15) is 52.4 Å². The van der Waals surface area contributed by atoms with Gasteiger partial charge in [-0.2, -0.15) is 0 Å². The van der Waals surface area contributed by atoms with Crippen LogP contribution in [0.2, 0.25) is 0 Å². The van der Waals surface area contributed by atoms with Crippen LogP contribution in [0.3, 0.4) is 0 Å². The molecule has 0 aromatic heterocycles. The van der Waals surface area contributed by atoms with E-state index >= 15 is 0 Å². The fraction of sp³-hybridized carbons (Fsp3) is 1.00. The molecule has 0 saturated heterocycles. The molecule has 0 aliphatic heterocycles. The summed E-state index contributed by atoms with van der Waals surface area (Å²) in [5, 5.41) is 20.0. The van der Waals surface area contributed by atoms with Gasteiger partial charge in [-0.05, 0) is 44.4 Å². The van der Waals surface area contributed by atoms with Crippen LogP contribution in [0.5, 0.6) is 0 Å². The molecule has 2 nitrogen and oxygen atoms in total.